The van der Waals surface area contributed by atoms with Crippen molar-refractivity contribution in [1.82, 2.24) is 5.32 Å². The van der Waals surface area contributed by atoms with Gasteiger partial charge in [0, 0.05) is 13.0 Å². The number of amides is 1. The van der Waals surface area contributed by atoms with Crippen molar-refractivity contribution >= 4 is 17.3 Å². The summed E-state index contributed by atoms with van der Waals surface area (Å²) in [6.07, 6.45) is 0.465. The molecule has 1 amide bonds. The third-order valence-electron chi connectivity index (χ3n) is 4.75. The summed E-state index contributed by atoms with van der Waals surface area (Å²) in [5, 5.41) is 9.52. The van der Waals surface area contributed by atoms with Crippen molar-refractivity contribution in [2.75, 3.05) is 31.4 Å². The number of para-hydroxylation sites is 1. The zero-order chi connectivity index (χ0) is 18.5. The third kappa shape index (κ3) is 4.18. The van der Waals surface area contributed by atoms with Crippen LogP contribution in [0, 0.1) is 0 Å². The van der Waals surface area contributed by atoms with Gasteiger partial charge in [-0.1, -0.05) is 48.5 Å². The molecule has 0 saturated carbocycles. The topological polar surface area (TPSA) is 63.2 Å². The van der Waals surface area contributed by atoms with Crippen LogP contribution in [0.3, 0.4) is 0 Å². The lowest BCUT2D eigenvalue weighted by atomic mass is 10.0. The molecule has 2 aromatic rings. The van der Waals surface area contributed by atoms with E-state index in [2.05, 4.69) is 22.6 Å². The van der Waals surface area contributed by atoms with Gasteiger partial charge in [-0.15, -0.1) is 0 Å². The average Bonchev–Trinajstić information content (AvgIpc) is 3.20. The predicted molar refractivity (Wildman–Crippen MR) is 104 cm³/mol. The number of hydrogen-bond acceptors (Lipinski definition) is 5. The van der Waals surface area contributed by atoms with Crippen LogP contribution in [-0.4, -0.2) is 44.1 Å². The molecule has 2 aromatic carbocycles. The van der Waals surface area contributed by atoms with E-state index in [1.807, 2.05) is 53.5 Å². The van der Waals surface area contributed by atoms with Crippen LogP contribution in [0.5, 0.6) is 0 Å². The summed E-state index contributed by atoms with van der Waals surface area (Å²) in [5.74, 6) is -0.150. The largest absolute Gasteiger partial charge is 0.376 e. The lowest BCUT2D eigenvalue weighted by Crippen LogP contribution is -2.41. The van der Waals surface area contributed by atoms with Gasteiger partial charge in [0.1, 0.15) is 5.71 Å². The Morgan fingerprint density at radius 1 is 1.07 bits per heavy atom. The highest BCUT2D eigenvalue weighted by Crippen LogP contribution is 2.34. The molecule has 0 bridgehead atoms. The molecule has 6 nitrogen and oxygen atoms in total. The zero-order valence-corrected chi connectivity index (χ0v) is 15.1. The minimum Gasteiger partial charge on any atom is -0.376 e. The molecule has 1 saturated heterocycles. The fraction of sp³-hybridized carbons (Fsp3) is 0.333. The van der Waals surface area contributed by atoms with Crippen LogP contribution in [0.1, 0.15) is 18.0 Å². The molecule has 1 fully saturated rings. The molecule has 2 atom stereocenters. The van der Waals surface area contributed by atoms with Crippen LogP contribution in [0.4, 0.5) is 5.69 Å². The summed E-state index contributed by atoms with van der Waals surface area (Å²) >= 11 is 0. The number of benzene rings is 2. The predicted octanol–water partition coefficient (Wildman–Crippen LogP) is 2.53. The quantitative estimate of drug-likeness (QED) is 0.884. The van der Waals surface area contributed by atoms with Crippen molar-refractivity contribution in [3.63, 3.8) is 0 Å². The van der Waals surface area contributed by atoms with Gasteiger partial charge in [-0.2, -0.15) is 5.10 Å². The van der Waals surface area contributed by atoms with Gasteiger partial charge in [-0.25, -0.2) is 0 Å². The van der Waals surface area contributed by atoms with E-state index >= 15 is 0 Å². The van der Waals surface area contributed by atoms with Gasteiger partial charge < -0.3 is 14.8 Å². The van der Waals surface area contributed by atoms with Gasteiger partial charge in [0.2, 0.25) is 0 Å². The fourth-order valence-electron chi connectivity index (χ4n) is 3.36. The normalized spacial score (nSPS) is 22.4. The molecular formula is C21H23N3O3. The highest BCUT2D eigenvalue weighted by atomic mass is 16.6. The smallest absolute Gasteiger partial charge is 0.267 e. The van der Waals surface area contributed by atoms with Crippen molar-refractivity contribution in [3.05, 3.63) is 66.2 Å². The molecule has 6 heteroatoms. The first-order valence-electron chi connectivity index (χ1n) is 9.25. The van der Waals surface area contributed by atoms with E-state index in [0.717, 1.165) is 11.3 Å². The van der Waals surface area contributed by atoms with E-state index in [0.29, 0.717) is 38.5 Å². The maximum Gasteiger partial charge on any atom is 0.267 e. The summed E-state index contributed by atoms with van der Waals surface area (Å²) in [7, 11) is 0. The van der Waals surface area contributed by atoms with Gasteiger partial charge in [-0.3, -0.25) is 9.80 Å². The number of hydrazone groups is 1. The summed E-state index contributed by atoms with van der Waals surface area (Å²) < 4.78 is 11.0. The highest BCUT2D eigenvalue weighted by molar-refractivity contribution is 6.39. The fourth-order valence-corrected chi connectivity index (χ4v) is 3.36. The van der Waals surface area contributed by atoms with Gasteiger partial charge in [0.15, 0.2) is 0 Å². The SMILES string of the molecule is O=C(NCC1COCCO1)C1=NN(c2ccccc2)C(c2ccccc2)C1. The molecule has 1 N–H and O–H groups in total. The van der Waals surface area contributed by atoms with Crippen molar-refractivity contribution in [3.8, 4) is 0 Å². The molecule has 0 aliphatic carbocycles. The maximum absolute atomic E-state index is 12.7. The molecule has 2 unspecified atom stereocenters. The molecule has 0 radical (unpaired) electrons. The minimum absolute atomic E-state index is 0.00335. The molecule has 2 aliphatic heterocycles. The Kier molecular flexibility index (Phi) is 5.46. The Bertz CT molecular complexity index is 789. The lowest BCUT2D eigenvalue weighted by Gasteiger charge is -2.23. The van der Waals surface area contributed by atoms with E-state index < -0.39 is 0 Å². The van der Waals surface area contributed by atoms with Gasteiger partial charge in [0.25, 0.3) is 5.91 Å². The molecule has 27 heavy (non-hydrogen) atoms. The van der Waals surface area contributed by atoms with Gasteiger partial charge >= 0.3 is 0 Å². The first-order valence-corrected chi connectivity index (χ1v) is 9.25. The standard InChI is InChI=1S/C21H23N3O3/c25-21(22-14-18-15-26-11-12-27-18)19-13-20(16-7-3-1-4-8-16)24(23-19)17-9-5-2-6-10-17/h1-10,18,20H,11-15H2,(H,22,25). The number of carbonyl (C=O) groups excluding carboxylic acids is 1. The van der Waals surface area contributed by atoms with Crippen LogP contribution in [0.25, 0.3) is 0 Å². The number of nitrogens with zero attached hydrogens (tertiary/aromatic N) is 2. The monoisotopic (exact) mass is 365 g/mol. The number of rotatable bonds is 5. The number of nitrogens with one attached hydrogen (secondary N) is 1. The van der Waals surface area contributed by atoms with E-state index in [1.165, 1.54) is 0 Å². The second-order valence-electron chi connectivity index (χ2n) is 6.64. The Morgan fingerprint density at radius 2 is 1.81 bits per heavy atom. The van der Waals surface area contributed by atoms with Gasteiger partial charge in [-0.05, 0) is 17.7 Å². The second-order valence-corrected chi connectivity index (χ2v) is 6.64. The van der Waals surface area contributed by atoms with E-state index in [9.17, 15) is 4.79 Å². The van der Waals surface area contributed by atoms with Gasteiger partial charge in [0.05, 0.1) is 37.7 Å². The number of ether oxygens (including phenoxy) is 2. The van der Waals surface area contributed by atoms with Crippen LogP contribution < -0.4 is 10.3 Å². The van der Waals surface area contributed by atoms with Crippen molar-refractivity contribution in [2.45, 2.75) is 18.6 Å². The molecule has 0 spiro atoms. The number of carbonyl (C=O) groups is 1. The van der Waals surface area contributed by atoms with E-state index in [1.54, 1.807) is 0 Å². The Balaban J connectivity index is 1.50. The average molecular weight is 365 g/mol. The molecule has 2 heterocycles. The molecule has 0 aromatic heterocycles. The Labute approximate surface area is 158 Å². The molecule has 2 aliphatic rings. The van der Waals surface area contributed by atoms with E-state index in [4.69, 9.17) is 9.47 Å². The first-order chi connectivity index (χ1) is 13.3. The van der Waals surface area contributed by atoms with Crippen molar-refractivity contribution < 1.29 is 14.3 Å². The molecule has 140 valence electrons. The second kappa shape index (κ2) is 8.33. The summed E-state index contributed by atoms with van der Waals surface area (Å²) in [6.45, 7) is 2.12. The van der Waals surface area contributed by atoms with Crippen LogP contribution in [-0.2, 0) is 14.3 Å². The van der Waals surface area contributed by atoms with Crippen molar-refractivity contribution in [1.29, 1.82) is 0 Å². The third-order valence-corrected chi connectivity index (χ3v) is 4.75. The summed E-state index contributed by atoms with van der Waals surface area (Å²) in [4.78, 5) is 12.7. The van der Waals surface area contributed by atoms with Crippen molar-refractivity contribution in [2.24, 2.45) is 5.10 Å². The summed E-state index contributed by atoms with van der Waals surface area (Å²) in [5.41, 5.74) is 2.64. The summed E-state index contributed by atoms with van der Waals surface area (Å²) in [6, 6.07) is 20.1. The highest BCUT2D eigenvalue weighted by Gasteiger charge is 2.32. The number of hydrogen-bond donors (Lipinski definition) is 1. The molecule has 4 rings (SSSR count). The lowest BCUT2D eigenvalue weighted by molar-refractivity contribution is -0.118. The number of anilines is 1. The van der Waals surface area contributed by atoms with Crippen LogP contribution in [0.2, 0.25) is 0 Å². The van der Waals surface area contributed by atoms with Crippen LogP contribution >= 0.6 is 0 Å². The zero-order valence-electron chi connectivity index (χ0n) is 15.1. The minimum atomic E-state index is -0.150. The maximum atomic E-state index is 12.7. The van der Waals surface area contributed by atoms with Crippen LogP contribution in [0.15, 0.2) is 65.8 Å². The Morgan fingerprint density at radius 3 is 2.52 bits per heavy atom. The first kappa shape index (κ1) is 17.7. The van der Waals surface area contributed by atoms with E-state index in [-0.39, 0.29) is 18.1 Å². The molecular weight excluding hydrogens is 342 g/mol. The Hall–Kier alpha value is -2.70.